The number of amides is 2. The zero-order valence-electron chi connectivity index (χ0n) is 11.6. The summed E-state index contributed by atoms with van der Waals surface area (Å²) in [7, 11) is 1.29. The summed E-state index contributed by atoms with van der Waals surface area (Å²) in [5, 5.41) is 8.97. The van der Waals surface area contributed by atoms with E-state index in [-0.39, 0.29) is 5.91 Å². The smallest absolute Gasteiger partial charge is 0.410 e. The number of carbonyl (C=O) groups excluding carboxylic acids is 2. The van der Waals surface area contributed by atoms with Gasteiger partial charge in [0.1, 0.15) is 12.1 Å². The summed E-state index contributed by atoms with van der Waals surface area (Å²) < 4.78 is 4.66. The number of ether oxygens (including phenoxy) is 1. The molecule has 1 fully saturated rings. The normalized spacial score (nSPS) is 17.0. The van der Waals surface area contributed by atoms with Gasteiger partial charge < -0.3 is 4.74 Å². The van der Waals surface area contributed by atoms with Gasteiger partial charge in [0.25, 0.3) is 5.91 Å². The number of nitrogens with zero attached hydrogens (tertiary/aromatic N) is 2. The Morgan fingerprint density at radius 1 is 1.43 bits per heavy atom. The van der Waals surface area contributed by atoms with Gasteiger partial charge in [-0.05, 0) is 25.0 Å². The number of anilines is 1. The molecule has 0 aromatic heterocycles. The van der Waals surface area contributed by atoms with Crippen LogP contribution < -0.4 is 10.9 Å². The van der Waals surface area contributed by atoms with Crippen LogP contribution in [-0.2, 0) is 9.53 Å². The third kappa shape index (κ3) is 3.23. The highest BCUT2D eigenvalue weighted by Crippen LogP contribution is 2.18. The number of hydrogen-bond acceptors (Lipinski definition) is 5. The Balaban J connectivity index is 1.99. The van der Waals surface area contributed by atoms with E-state index in [2.05, 4.69) is 15.6 Å². The minimum Gasteiger partial charge on any atom is -0.453 e. The molecule has 7 nitrogen and oxygen atoms in total. The summed E-state index contributed by atoms with van der Waals surface area (Å²) in [4.78, 5) is 25.1. The molecule has 2 amide bonds. The van der Waals surface area contributed by atoms with Gasteiger partial charge in [0, 0.05) is 6.54 Å². The van der Waals surface area contributed by atoms with Crippen LogP contribution >= 0.6 is 0 Å². The quantitative estimate of drug-likeness (QED) is 0.816. The number of methoxy groups -OCH3 is 1. The molecule has 0 radical (unpaired) electrons. The number of carbonyl (C=O) groups is 2. The van der Waals surface area contributed by atoms with Gasteiger partial charge in [-0.15, -0.1) is 0 Å². The molecule has 110 valence electrons. The molecule has 1 aliphatic heterocycles. The van der Waals surface area contributed by atoms with E-state index in [1.54, 1.807) is 24.3 Å². The van der Waals surface area contributed by atoms with Crippen molar-refractivity contribution in [2.75, 3.05) is 19.1 Å². The van der Waals surface area contributed by atoms with E-state index in [0.29, 0.717) is 24.2 Å². The Labute approximate surface area is 122 Å². The van der Waals surface area contributed by atoms with E-state index in [1.807, 2.05) is 6.07 Å². The summed E-state index contributed by atoms with van der Waals surface area (Å²) in [6, 6.07) is 8.29. The highest BCUT2D eigenvalue weighted by molar-refractivity contribution is 5.87. The Morgan fingerprint density at radius 3 is 2.90 bits per heavy atom. The lowest BCUT2D eigenvalue weighted by molar-refractivity contribution is -0.124. The number of nitriles is 1. The molecular formula is C14H16N4O3. The van der Waals surface area contributed by atoms with Crippen molar-refractivity contribution >= 4 is 17.7 Å². The fourth-order valence-corrected chi connectivity index (χ4v) is 2.28. The van der Waals surface area contributed by atoms with Crippen molar-refractivity contribution in [1.29, 1.82) is 5.26 Å². The van der Waals surface area contributed by atoms with Crippen LogP contribution in [-0.4, -0.2) is 36.6 Å². The predicted octanol–water partition coefficient (Wildman–Crippen LogP) is 1.23. The molecule has 0 spiro atoms. The lowest BCUT2D eigenvalue weighted by atomic mass is 10.2. The second-order valence-corrected chi connectivity index (χ2v) is 4.59. The molecule has 0 bridgehead atoms. The van der Waals surface area contributed by atoms with Crippen molar-refractivity contribution in [2.45, 2.75) is 18.9 Å². The zero-order valence-corrected chi connectivity index (χ0v) is 11.6. The number of rotatable bonds is 3. The fraction of sp³-hybridized carbons (Fsp3) is 0.357. The van der Waals surface area contributed by atoms with E-state index >= 15 is 0 Å². The van der Waals surface area contributed by atoms with Crippen LogP contribution in [0.5, 0.6) is 0 Å². The number of benzene rings is 1. The second-order valence-electron chi connectivity index (χ2n) is 4.59. The molecule has 2 rings (SSSR count). The van der Waals surface area contributed by atoms with Gasteiger partial charge in [-0.25, -0.2) is 4.79 Å². The average Bonchev–Trinajstić information content (AvgIpc) is 3.01. The first-order chi connectivity index (χ1) is 10.2. The van der Waals surface area contributed by atoms with Crippen LogP contribution in [0.15, 0.2) is 24.3 Å². The molecule has 1 heterocycles. The molecule has 0 aliphatic carbocycles. The monoisotopic (exact) mass is 288 g/mol. The standard InChI is InChI=1S/C14H16N4O3/c1-21-14(20)18-8-4-7-12(18)13(19)17-16-11-6-3-2-5-10(11)9-15/h2-3,5-6,12,16H,4,7-8H2,1H3,(H,17,19). The molecule has 1 unspecified atom stereocenters. The third-order valence-electron chi connectivity index (χ3n) is 3.33. The Hall–Kier alpha value is -2.75. The second kappa shape index (κ2) is 6.61. The summed E-state index contributed by atoms with van der Waals surface area (Å²) in [6.45, 7) is 0.500. The van der Waals surface area contributed by atoms with E-state index in [4.69, 9.17) is 5.26 Å². The van der Waals surface area contributed by atoms with Crippen LogP contribution in [0.1, 0.15) is 18.4 Å². The molecular weight excluding hydrogens is 272 g/mol. The van der Waals surface area contributed by atoms with Crippen LogP contribution in [0.3, 0.4) is 0 Å². The highest BCUT2D eigenvalue weighted by Gasteiger charge is 2.34. The summed E-state index contributed by atoms with van der Waals surface area (Å²) >= 11 is 0. The van der Waals surface area contributed by atoms with E-state index in [9.17, 15) is 9.59 Å². The Kier molecular flexibility index (Phi) is 4.61. The summed E-state index contributed by atoms with van der Waals surface area (Å²) in [5.74, 6) is -0.328. The fourth-order valence-electron chi connectivity index (χ4n) is 2.28. The maximum absolute atomic E-state index is 12.1. The number of likely N-dealkylation sites (tertiary alicyclic amines) is 1. The van der Waals surface area contributed by atoms with Crippen LogP contribution in [0, 0.1) is 11.3 Å². The minimum absolute atomic E-state index is 0.328. The largest absolute Gasteiger partial charge is 0.453 e. The van der Waals surface area contributed by atoms with E-state index in [1.165, 1.54) is 12.0 Å². The Morgan fingerprint density at radius 2 is 2.19 bits per heavy atom. The van der Waals surface area contributed by atoms with Gasteiger partial charge >= 0.3 is 6.09 Å². The van der Waals surface area contributed by atoms with Crippen LogP contribution in [0.25, 0.3) is 0 Å². The first kappa shape index (κ1) is 14.7. The van der Waals surface area contributed by atoms with Gasteiger partial charge in [0.2, 0.25) is 0 Å². The lowest BCUT2D eigenvalue weighted by Gasteiger charge is -2.22. The molecule has 7 heteroatoms. The predicted molar refractivity (Wildman–Crippen MR) is 75.1 cm³/mol. The molecule has 1 aliphatic rings. The molecule has 1 aromatic rings. The van der Waals surface area contributed by atoms with Gasteiger partial charge in [-0.3, -0.25) is 20.5 Å². The van der Waals surface area contributed by atoms with Crippen molar-refractivity contribution in [1.82, 2.24) is 10.3 Å². The van der Waals surface area contributed by atoms with E-state index in [0.717, 1.165) is 6.42 Å². The van der Waals surface area contributed by atoms with Crippen molar-refractivity contribution in [3.05, 3.63) is 29.8 Å². The molecule has 1 aromatic carbocycles. The SMILES string of the molecule is COC(=O)N1CCCC1C(=O)NNc1ccccc1C#N. The molecule has 2 N–H and O–H groups in total. The van der Waals surface area contributed by atoms with Gasteiger partial charge in [-0.2, -0.15) is 5.26 Å². The maximum Gasteiger partial charge on any atom is 0.410 e. The lowest BCUT2D eigenvalue weighted by Crippen LogP contribution is -2.47. The topological polar surface area (TPSA) is 94.5 Å². The number of para-hydroxylation sites is 1. The molecule has 1 saturated heterocycles. The first-order valence-electron chi connectivity index (χ1n) is 6.57. The highest BCUT2D eigenvalue weighted by atomic mass is 16.5. The van der Waals surface area contributed by atoms with Crippen LogP contribution in [0.4, 0.5) is 10.5 Å². The van der Waals surface area contributed by atoms with Gasteiger partial charge in [-0.1, -0.05) is 12.1 Å². The average molecular weight is 288 g/mol. The molecule has 21 heavy (non-hydrogen) atoms. The Bertz CT molecular complexity index is 582. The van der Waals surface area contributed by atoms with Crippen LogP contribution in [0.2, 0.25) is 0 Å². The van der Waals surface area contributed by atoms with Crippen molar-refractivity contribution < 1.29 is 14.3 Å². The van der Waals surface area contributed by atoms with Crippen molar-refractivity contribution in [2.24, 2.45) is 0 Å². The van der Waals surface area contributed by atoms with E-state index < -0.39 is 12.1 Å². The number of hydrogen-bond donors (Lipinski definition) is 2. The zero-order chi connectivity index (χ0) is 15.2. The maximum atomic E-state index is 12.1. The summed E-state index contributed by atoms with van der Waals surface area (Å²) in [6.07, 6.45) is 0.829. The van der Waals surface area contributed by atoms with Gasteiger partial charge in [0.15, 0.2) is 0 Å². The number of hydrazine groups is 1. The van der Waals surface area contributed by atoms with Crippen molar-refractivity contribution in [3.63, 3.8) is 0 Å². The molecule has 0 saturated carbocycles. The minimum atomic E-state index is -0.556. The van der Waals surface area contributed by atoms with Gasteiger partial charge in [0.05, 0.1) is 18.4 Å². The summed E-state index contributed by atoms with van der Waals surface area (Å²) in [5.41, 5.74) is 6.19. The van der Waals surface area contributed by atoms with Crippen molar-refractivity contribution in [3.8, 4) is 6.07 Å². The molecule has 1 atom stereocenters. The third-order valence-corrected chi connectivity index (χ3v) is 3.33. The first-order valence-corrected chi connectivity index (χ1v) is 6.57. The number of nitrogens with one attached hydrogen (secondary N) is 2.